The zero-order chi connectivity index (χ0) is 19.4. The summed E-state index contributed by atoms with van der Waals surface area (Å²) in [4.78, 5) is 16.7. The second-order valence-corrected chi connectivity index (χ2v) is 7.28. The van der Waals surface area contributed by atoms with Gasteiger partial charge in [0.1, 0.15) is 5.82 Å². The van der Waals surface area contributed by atoms with Gasteiger partial charge in [0.05, 0.1) is 5.69 Å². The minimum Gasteiger partial charge on any atom is -0.396 e. The maximum atomic E-state index is 13.1. The molecule has 0 spiro atoms. The van der Waals surface area contributed by atoms with Crippen LogP contribution in [0.5, 0.6) is 0 Å². The highest BCUT2D eigenvalue weighted by molar-refractivity contribution is 5.91. The number of rotatable bonds is 6. The van der Waals surface area contributed by atoms with E-state index >= 15 is 0 Å². The van der Waals surface area contributed by atoms with Crippen LogP contribution in [0.3, 0.4) is 0 Å². The topological polar surface area (TPSA) is 69.8 Å². The summed E-state index contributed by atoms with van der Waals surface area (Å²) in [7, 11) is 0. The average molecular weight is 375 g/mol. The van der Waals surface area contributed by atoms with Gasteiger partial charge < -0.3 is 14.5 Å². The van der Waals surface area contributed by atoms with Crippen LogP contribution in [0.2, 0.25) is 0 Å². The Morgan fingerprint density at radius 1 is 1.33 bits per heavy atom. The number of aliphatic hydroxyl groups is 1. The Bertz CT molecular complexity index is 760. The van der Waals surface area contributed by atoms with Gasteiger partial charge in [-0.05, 0) is 30.0 Å². The average Bonchev–Trinajstić information content (AvgIpc) is 3.15. The van der Waals surface area contributed by atoms with Gasteiger partial charge in [-0.1, -0.05) is 31.1 Å². The van der Waals surface area contributed by atoms with Crippen molar-refractivity contribution in [2.24, 2.45) is 0 Å². The van der Waals surface area contributed by atoms with E-state index in [9.17, 15) is 14.3 Å². The second kappa shape index (κ2) is 8.63. The van der Waals surface area contributed by atoms with Crippen LogP contribution in [0.1, 0.15) is 48.0 Å². The van der Waals surface area contributed by atoms with Crippen molar-refractivity contribution in [2.75, 3.05) is 26.2 Å². The van der Waals surface area contributed by atoms with Crippen LogP contribution in [-0.4, -0.2) is 58.3 Å². The number of hydrogen-bond acceptors (Lipinski definition) is 5. The molecule has 2 heterocycles. The molecule has 3 rings (SSSR count). The van der Waals surface area contributed by atoms with Gasteiger partial charge in [-0.2, -0.15) is 0 Å². The number of piperazine rings is 1. The van der Waals surface area contributed by atoms with E-state index in [-0.39, 0.29) is 36.1 Å². The number of carbonyl (C=O) groups is 1. The molecule has 146 valence electrons. The van der Waals surface area contributed by atoms with Crippen LogP contribution < -0.4 is 0 Å². The van der Waals surface area contributed by atoms with Crippen molar-refractivity contribution in [3.63, 3.8) is 0 Å². The molecule has 0 bridgehead atoms. The molecule has 1 unspecified atom stereocenters. The van der Waals surface area contributed by atoms with Crippen molar-refractivity contribution < 1.29 is 18.8 Å². The molecule has 1 atom stereocenters. The SMILES string of the molecule is CC(C)c1cc(C(=O)N2CCN(Cc3ccc(F)cc3)C(CCO)C2)on1. The minimum atomic E-state index is -0.256. The van der Waals surface area contributed by atoms with Crippen molar-refractivity contribution in [3.8, 4) is 0 Å². The number of halogens is 1. The fraction of sp³-hybridized carbons (Fsp3) is 0.500. The summed E-state index contributed by atoms with van der Waals surface area (Å²) in [6.45, 7) is 6.46. The van der Waals surface area contributed by atoms with Crippen LogP contribution in [0.25, 0.3) is 0 Å². The Kier molecular flexibility index (Phi) is 6.23. The van der Waals surface area contributed by atoms with Gasteiger partial charge in [-0.3, -0.25) is 9.69 Å². The molecule has 1 aromatic carbocycles. The van der Waals surface area contributed by atoms with Gasteiger partial charge in [0, 0.05) is 44.9 Å². The van der Waals surface area contributed by atoms with Crippen LogP contribution >= 0.6 is 0 Å². The third-order valence-corrected chi connectivity index (χ3v) is 4.98. The van der Waals surface area contributed by atoms with E-state index in [0.717, 1.165) is 11.3 Å². The van der Waals surface area contributed by atoms with E-state index in [1.807, 2.05) is 13.8 Å². The summed E-state index contributed by atoms with van der Waals surface area (Å²) in [5.74, 6) is 0.0334. The molecule has 6 nitrogen and oxygen atoms in total. The number of nitrogens with zero attached hydrogens (tertiary/aromatic N) is 3. The number of carbonyl (C=O) groups excluding carboxylic acids is 1. The molecule has 7 heteroatoms. The smallest absolute Gasteiger partial charge is 0.292 e. The van der Waals surface area contributed by atoms with E-state index in [1.54, 1.807) is 23.1 Å². The third kappa shape index (κ3) is 4.73. The highest BCUT2D eigenvalue weighted by atomic mass is 19.1. The first kappa shape index (κ1) is 19.5. The molecular weight excluding hydrogens is 349 g/mol. The van der Waals surface area contributed by atoms with Crippen LogP contribution in [0.15, 0.2) is 34.9 Å². The summed E-state index contributed by atoms with van der Waals surface area (Å²) >= 11 is 0. The molecule has 0 saturated carbocycles. The molecule has 0 radical (unpaired) electrons. The first-order valence-corrected chi connectivity index (χ1v) is 9.33. The van der Waals surface area contributed by atoms with E-state index in [2.05, 4.69) is 10.1 Å². The molecule has 1 aliphatic rings. The summed E-state index contributed by atoms with van der Waals surface area (Å²) in [5.41, 5.74) is 1.77. The number of amides is 1. The maximum Gasteiger partial charge on any atom is 0.292 e. The summed E-state index contributed by atoms with van der Waals surface area (Å²) in [6, 6.07) is 8.18. The Hall–Kier alpha value is -2.25. The lowest BCUT2D eigenvalue weighted by molar-refractivity contribution is 0.0366. The van der Waals surface area contributed by atoms with Gasteiger partial charge in [0.15, 0.2) is 0 Å². The zero-order valence-electron chi connectivity index (χ0n) is 15.8. The van der Waals surface area contributed by atoms with Crippen molar-refractivity contribution in [3.05, 3.63) is 53.2 Å². The first-order chi connectivity index (χ1) is 13.0. The molecule has 1 N–H and O–H groups in total. The predicted molar refractivity (Wildman–Crippen MR) is 98.8 cm³/mol. The number of aliphatic hydroxyl groups excluding tert-OH is 1. The van der Waals surface area contributed by atoms with Crippen molar-refractivity contribution in [1.82, 2.24) is 15.0 Å². The Balaban J connectivity index is 1.67. The third-order valence-electron chi connectivity index (χ3n) is 4.98. The Morgan fingerprint density at radius 3 is 2.70 bits per heavy atom. The Morgan fingerprint density at radius 2 is 2.07 bits per heavy atom. The molecule has 0 aliphatic carbocycles. The Labute approximate surface area is 158 Å². The van der Waals surface area contributed by atoms with Gasteiger partial charge in [0.25, 0.3) is 5.91 Å². The molecular formula is C20H26FN3O3. The fourth-order valence-corrected chi connectivity index (χ4v) is 3.35. The fourth-order valence-electron chi connectivity index (χ4n) is 3.35. The van der Waals surface area contributed by atoms with E-state index < -0.39 is 0 Å². The highest BCUT2D eigenvalue weighted by Gasteiger charge is 2.31. The number of aromatic nitrogens is 1. The van der Waals surface area contributed by atoms with Gasteiger partial charge in [0.2, 0.25) is 5.76 Å². The summed E-state index contributed by atoms with van der Waals surface area (Å²) in [6.07, 6.45) is 0.568. The lowest BCUT2D eigenvalue weighted by atomic mass is 10.1. The van der Waals surface area contributed by atoms with Crippen LogP contribution in [-0.2, 0) is 6.54 Å². The monoisotopic (exact) mass is 375 g/mol. The van der Waals surface area contributed by atoms with E-state index in [1.165, 1.54) is 12.1 Å². The molecule has 1 fully saturated rings. The predicted octanol–water partition coefficient (Wildman–Crippen LogP) is 2.65. The van der Waals surface area contributed by atoms with Crippen molar-refractivity contribution in [2.45, 2.75) is 38.8 Å². The number of hydrogen-bond donors (Lipinski definition) is 1. The van der Waals surface area contributed by atoms with Gasteiger partial charge >= 0.3 is 0 Å². The molecule has 27 heavy (non-hydrogen) atoms. The van der Waals surface area contributed by atoms with Crippen LogP contribution in [0, 0.1) is 5.82 Å². The summed E-state index contributed by atoms with van der Waals surface area (Å²) in [5, 5.41) is 13.4. The number of benzene rings is 1. The largest absolute Gasteiger partial charge is 0.396 e. The van der Waals surface area contributed by atoms with Crippen LogP contribution in [0.4, 0.5) is 4.39 Å². The molecule has 2 aromatic rings. The normalized spacial score (nSPS) is 18.3. The van der Waals surface area contributed by atoms with Crippen molar-refractivity contribution in [1.29, 1.82) is 0 Å². The lowest BCUT2D eigenvalue weighted by Crippen LogP contribution is -2.54. The summed E-state index contributed by atoms with van der Waals surface area (Å²) < 4.78 is 18.3. The lowest BCUT2D eigenvalue weighted by Gasteiger charge is -2.41. The first-order valence-electron chi connectivity index (χ1n) is 9.33. The highest BCUT2D eigenvalue weighted by Crippen LogP contribution is 2.20. The standard InChI is InChI=1S/C20H26FN3O3/c1-14(2)18-11-19(27-22-18)20(26)24-9-8-23(17(13-24)7-10-25)12-15-3-5-16(21)6-4-15/h3-6,11,14,17,25H,7-10,12-13H2,1-2H3. The second-order valence-electron chi connectivity index (χ2n) is 7.28. The molecule has 1 saturated heterocycles. The van der Waals surface area contributed by atoms with E-state index in [0.29, 0.717) is 32.6 Å². The minimum absolute atomic E-state index is 0.0326. The van der Waals surface area contributed by atoms with Gasteiger partial charge in [-0.15, -0.1) is 0 Å². The zero-order valence-corrected chi connectivity index (χ0v) is 15.8. The quantitative estimate of drug-likeness (QED) is 0.841. The van der Waals surface area contributed by atoms with E-state index in [4.69, 9.17) is 4.52 Å². The maximum absolute atomic E-state index is 13.1. The van der Waals surface area contributed by atoms with Crippen molar-refractivity contribution >= 4 is 5.91 Å². The molecule has 1 aliphatic heterocycles. The molecule has 1 amide bonds. The van der Waals surface area contributed by atoms with Gasteiger partial charge in [-0.25, -0.2) is 4.39 Å². The molecule has 1 aromatic heterocycles.